The largest absolute Gasteiger partial charge is 0.394 e. The van der Waals surface area contributed by atoms with E-state index in [9.17, 15) is 19.5 Å². The monoisotopic (exact) mass is 495 g/mol. The van der Waals surface area contributed by atoms with Crippen LogP contribution < -0.4 is 32.7 Å². The molecule has 0 fully saturated rings. The molecule has 1 atom stereocenters. The summed E-state index contributed by atoms with van der Waals surface area (Å²) in [4.78, 5) is 40.2. The van der Waals surface area contributed by atoms with Crippen LogP contribution in [0, 0.1) is 0 Å². The van der Waals surface area contributed by atoms with Gasteiger partial charge < -0.3 is 37.8 Å². The molecule has 4 amide bonds. The van der Waals surface area contributed by atoms with Crippen molar-refractivity contribution in [3.8, 4) is 0 Å². The van der Waals surface area contributed by atoms with Gasteiger partial charge in [0.25, 0.3) is 0 Å². The Balaban J connectivity index is 1.79. The highest BCUT2D eigenvalue weighted by atomic mass is 35.5. The zero-order valence-corrected chi connectivity index (χ0v) is 18.8. The summed E-state index contributed by atoms with van der Waals surface area (Å²) in [7, 11) is 0. The molecule has 9 N–H and O–H groups in total. The van der Waals surface area contributed by atoms with Crippen LogP contribution in [0.15, 0.2) is 47.5 Å². The Morgan fingerprint density at radius 3 is 2.36 bits per heavy atom. The van der Waals surface area contributed by atoms with Crippen LogP contribution in [-0.4, -0.2) is 48.1 Å². The first-order valence-electron chi connectivity index (χ1n) is 9.55. The lowest BCUT2D eigenvalue weighted by atomic mass is 10.2. The molecule has 0 saturated heterocycles. The summed E-state index contributed by atoms with van der Waals surface area (Å²) in [5.74, 6) is -1.28. The molecule has 2 aromatic rings. The number of nitrogens with two attached hydrogens (primary N) is 2. The van der Waals surface area contributed by atoms with Gasteiger partial charge in [-0.05, 0) is 29.8 Å². The van der Waals surface area contributed by atoms with Crippen LogP contribution in [0.3, 0.4) is 0 Å². The van der Waals surface area contributed by atoms with Gasteiger partial charge >= 0.3 is 6.03 Å². The fourth-order valence-electron chi connectivity index (χ4n) is 2.50. The summed E-state index contributed by atoms with van der Waals surface area (Å²) >= 11 is 11.9. The Labute approximate surface area is 199 Å². The maximum atomic E-state index is 12.2. The van der Waals surface area contributed by atoms with E-state index >= 15 is 0 Å². The van der Waals surface area contributed by atoms with E-state index in [0.717, 1.165) is 5.56 Å². The average Bonchev–Trinajstić information content (AvgIpc) is 2.78. The maximum Gasteiger partial charge on any atom is 0.320 e. The summed E-state index contributed by atoms with van der Waals surface area (Å²) in [6, 6.07) is 9.39. The highest BCUT2D eigenvalue weighted by Gasteiger charge is 2.21. The molecule has 33 heavy (non-hydrogen) atoms. The van der Waals surface area contributed by atoms with Crippen LogP contribution in [0.5, 0.6) is 0 Å². The van der Waals surface area contributed by atoms with Crippen LogP contribution in [0.4, 0.5) is 16.2 Å². The first-order chi connectivity index (χ1) is 15.7. The Kier molecular flexibility index (Phi) is 9.73. The second-order valence-corrected chi connectivity index (χ2v) is 7.42. The number of aliphatic hydroxyl groups is 1. The number of rotatable bonds is 9. The number of anilines is 1. The van der Waals surface area contributed by atoms with Crippen LogP contribution in [0.25, 0.3) is 0 Å². The third kappa shape index (κ3) is 8.48. The van der Waals surface area contributed by atoms with Crippen LogP contribution in [0.1, 0.15) is 5.56 Å². The average molecular weight is 496 g/mol. The fraction of sp³-hybridized carbons (Fsp3) is 0.200. The minimum atomic E-state index is -1.29. The van der Waals surface area contributed by atoms with Crippen molar-refractivity contribution in [2.24, 2.45) is 16.5 Å². The van der Waals surface area contributed by atoms with Gasteiger partial charge in [0, 0.05) is 6.54 Å². The second kappa shape index (κ2) is 12.5. The molecule has 0 saturated carbocycles. The van der Waals surface area contributed by atoms with Crippen molar-refractivity contribution >= 4 is 58.4 Å². The Morgan fingerprint density at radius 2 is 1.73 bits per heavy atom. The molecule has 176 valence electrons. The number of hydrogen-bond donors (Lipinski definition) is 7. The van der Waals surface area contributed by atoms with Crippen LogP contribution >= 0.6 is 23.2 Å². The van der Waals surface area contributed by atoms with E-state index in [0.29, 0.717) is 5.69 Å². The number of aliphatic hydroxyl groups excluding tert-OH is 1. The Morgan fingerprint density at radius 1 is 1.03 bits per heavy atom. The van der Waals surface area contributed by atoms with Gasteiger partial charge in [-0.3, -0.25) is 9.59 Å². The zero-order valence-electron chi connectivity index (χ0n) is 17.3. The quantitative estimate of drug-likeness (QED) is 0.199. The normalized spacial score (nSPS) is 11.1. The number of guanidine groups is 1. The molecule has 11 nitrogen and oxygen atoms in total. The Bertz CT molecular complexity index is 1030. The molecule has 0 aliphatic carbocycles. The number of nitrogens with zero attached hydrogens (tertiary/aromatic N) is 1. The van der Waals surface area contributed by atoms with Crippen molar-refractivity contribution in [1.82, 2.24) is 16.0 Å². The van der Waals surface area contributed by atoms with E-state index in [1.165, 1.54) is 6.07 Å². The van der Waals surface area contributed by atoms with Crippen molar-refractivity contribution in [2.45, 2.75) is 12.6 Å². The predicted octanol–water partition coefficient (Wildman–Crippen LogP) is 0.813. The lowest BCUT2D eigenvalue weighted by Gasteiger charge is -2.17. The van der Waals surface area contributed by atoms with E-state index in [1.807, 2.05) is 0 Å². The molecule has 13 heteroatoms. The molecule has 2 aromatic carbocycles. The van der Waals surface area contributed by atoms with Gasteiger partial charge in [0.1, 0.15) is 6.04 Å². The van der Waals surface area contributed by atoms with Crippen LogP contribution in [0.2, 0.25) is 10.0 Å². The maximum absolute atomic E-state index is 12.2. The smallest absolute Gasteiger partial charge is 0.320 e. The standard InChI is InChI=1S/C20H23Cl2N7O4/c21-13-2-1-3-14(17(13)22)28-20(33)29-15(10-30)18(32)26-9-16(31)25-8-11-4-6-12(7-5-11)27-19(23)24/h1-7,15,30H,8-10H2,(H,25,31)(H,26,32)(H4,23,24,27)(H2,28,29,33). The number of urea groups is 1. The van der Waals surface area contributed by atoms with Gasteiger partial charge in [0.2, 0.25) is 11.8 Å². The minimum absolute atomic E-state index is 0.0618. The van der Waals surface area contributed by atoms with E-state index < -0.39 is 30.5 Å². The molecule has 0 aromatic heterocycles. The van der Waals surface area contributed by atoms with Crippen LogP contribution in [-0.2, 0) is 16.1 Å². The van der Waals surface area contributed by atoms with E-state index in [1.54, 1.807) is 36.4 Å². The summed E-state index contributed by atoms with van der Waals surface area (Å²) in [5.41, 5.74) is 12.2. The van der Waals surface area contributed by atoms with E-state index in [-0.39, 0.29) is 34.8 Å². The molecule has 0 aliphatic heterocycles. The van der Waals surface area contributed by atoms with E-state index in [4.69, 9.17) is 34.7 Å². The summed E-state index contributed by atoms with van der Waals surface area (Å²) in [6.07, 6.45) is 0. The van der Waals surface area contributed by atoms with Crippen molar-refractivity contribution in [2.75, 3.05) is 18.5 Å². The lowest BCUT2D eigenvalue weighted by Crippen LogP contribution is -2.51. The van der Waals surface area contributed by atoms with Crippen molar-refractivity contribution in [3.63, 3.8) is 0 Å². The number of hydrogen-bond acceptors (Lipinski definition) is 5. The van der Waals surface area contributed by atoms with Gasteiger partial charge in [-0.2, -0.15) is 0 Å². The predicted molar refractivity (Wildman–Crippen MR) is 126 cm³/mol. The van der Waals surface area contributed by atoms with Crippen molar-refractivity contribution in [3.05, 3.63) is 58.1 Å². The molecule has 1 unspecified atom stereocenters. The number of carbonyl (C=O) groups is 3. The van der Waals surface area contributed by atoms with Gasteiger partial charge in [0.05, 0.1) is 34.6 Å². The first-order valence-corrected chi connectivity index (χ1v) is 10.3. The van der Waals surface area contributed by atoms with E-state index in [2.05, 4.69) is 26.3 Å². The molecule has 0 bridgehead atoms. The molecule has 0 spiro atoms. The first kappa shape index (κ1) is 25.7. The zero-order chi connectivity index (χ0) is 24.4. The fourth-order valence-corrected chi connectivity index (χ4v) is 2.85. The number of amides is 4. The number of carbonyl (C=O) groups excluding carboxylic acids is 3. The third-order valence-corrected chi connectivity index (χ3v) is 4.93. The highest BCUT2D eigenvalue weighted by Crippen LogP contribution is 2.29. The Hall–Kier alpha value is -3.54. The number of benzene rings is 2. The topological polar surface area (TPSA) is 184 Å². The molecule has 0 heterocycles. The lowest BCUT2D eigenvalue weighted by molar-refractivity contribution is -0.127. The van der Waals surface area contributed by atoms with Gasteiger partial charge in [-0.15, -0.1) is 0 Å². The van der Waals surface area contributed by atoms with Crippen molar-refractivity contribution < 1.29 is 19.5 Å². The SMILES string of the molecule is NC(N)=Nc1ccc(CNC(=O)CNC(=O)C(CO)NC(=O)Nc2cccc(Cl)c2Cl)cc1. The van der Waals surface area contributed by atoms with Gasteiger partial charge in [-0.25, -0.2) is 9.79 Å². The number of aliphatic imine (C=N–C) groups is 1. The molecular formula is C20H23Cl2N7O4. The molecular weight excluding hydrogens is 473 g/mol. The molecule has 0 aliphatic rings. The summed E-state index contributed by atoms with van der Waals surface area (Å²) in [5, 5.41) is 19.5. The number of nitrogens with one attached hydrogen (secondary N) is 4. The number of halogens is 2. The summed E-state index contributed by atoms with van der Waals surface area (Å²) in [6.45, 7) is -0.835. The molecule has 0 radical (unpaired) electrons. The molecule has 2 rings (SSSR count). The van der Waals surface area contributed by atoms with Crippen molar-refractivity contribution in [1.29, 1.82) is 0 Å². The highest BCUT2D eigenvalue weighted by molar-refractivity contribution is 6.43. The second-order valence-electron chi connectivity index (χ2n) is 6.63. The van der Waals surface area contributed by atoms with Gasteiger partial charge in [0.15, 0.2) is 5.96 Å². The summed E-state index contributed by atoms with van der Waals surface area (Å²) < 4.78 is 0. The van der Waals surface area contributed by atoms with Gasteiger partial charge in [-0.1, -0.05) is 41.4 Å². The minimum Gasteiger partial charge on any atom is -0.394 e. The third-order valence-electron chi connectivity index (χ3n) is 4.11.